The first kappa shape index (κ1) is 12.1. The quantitative estimate of drug-likeness (QED) is 0.796. The second-order valence-electron chi connectivity index (χ2n) is 5.21. The minimum atomic E-state index is 0.154. The van der Waals surface area contributed by atoms with E-state index in [9.17, 15) is 0 Å². The van der Waals surface area contributed by atoms with Gasteiger partial charge in [-0.05, 0) is 44.7 Å². The van der Waals surface area contributed by atoms with Crippen LogP contribution in [0.25, 0.3) is 0 Å². The zero-order chi connectivity index (χ0) is 12.4. The van der Waals surface area contributed by atoms with Crippen molar-refractivity contribution in [3.8, 4) is 5.75 Å². The van der Waals surface area contributed by atoms with E-state index in [1.165, 1.54) is 18.5 Å². The summed E-state index contributed by atoms with van der Waals surface area (Å²) in [5.74, 6) is 1.67. The van der Waals surface area contributed by atoms with Crippen molar-refractivity contribution in [1.29, 1.82) is 0 Å². The SMILES string of the molecule is CC(C)Oc1cc(N(C)CC2CC2)ccc1N. The molecule has 94 valence electrons. The molecule has 3 heteroatoms. The molecule has 17 heavy (non-hydrogen) atoms. The Hall–Kier alpha value is -1.38. The molecule has 0 spiro atoms. The monoisotopic (exact) mass is 234 g/mol. The summed E-state index contributed by atoms with van der Waals surface area (Å²) in [6.45, 7) is 5.16. The minimum absolute atomic E-state index is 0.154. The lowest BCUT2D eigenvalue weighted by molar-refractivity contribution is 0.244. The molecule has 0 amide bonds. The van der Waals surface area contributed by atoms with E-state index in [2.05, 4.69) is 18.0 Å². The van der Waals surface area contributed by atoms with Gasteiger partial charge < -0.3 is 15.4 Å². The molecule has 2 N–H and O–H groups in total. The Morgan fingerprint density at radius 3 is 2.71 bits per heavy atom. The lowest BCUT2D eigenvalue weighted by atomic mass is 10.2. The Bertz CT molecular complexity index is 386. The maximum atomic E-state index is 5.91. The van der Waals surface area contributed by atoms with Crippen LogP contribution in [-0.2, 0) is 0 Å². The van der Waals surface area contributed by atoms with Gasteiger partial charge in [-0.25, -0.2) is 0 Å². The Labute approximate surface area is 104 Å². The van der Waals surface area contributed by atoms with E-state index in [1.54, 1.807) is 0 Å². The van der Waals surface area contributed by atoms with Gasteiger partial charge in [0.15, 0.2) is 0 Å². The first-order valence-corrected chi connectivity index (χ1v) is 6.33. The molecule has 3 nitrogen and oxygen atoms in total. The van der Waals surface area contributed by atoms with Crippen LogP contribution in [0.15, 0.2) is 18.2 Å². The van der Waals surface area contributed by atoms with E-state index in [-0.39, 0.29) is 6.10 Å². The number of rotatable bonds is 5. The summed E-state index contributed by atoms with van der Waals surface area (Å²) < 4.78 is 5.70. The van der Waals surface area contributed by atoms with Gasteiger partial charge in [0.25, 0.3) is 0 Å². The highest BCUT2D eigenvalue weighted by Crippen LogP contribution is 2.33. The van der Waals surface area contributed by atoms with Crippen molar-refractivity contribution in [3.63, 3.8) is 0 Å². The summed E-state index contributed by atoms with van der Waals surface area (Å²) in [7, 11) is 2.13. The fourth-order valence-corrected chi connectivity index (χ4v) is 1.91. The van der Waals surface area contributed by atoms with Gasteiger partial charge in [-0.15, -0.1) is 0 Å². The molecule has 0 heterocycles. The number of ether oxygens (including phenoxy) is 1. The lowest BCUT2D eigenvalue weighted by Gasteiger charge is -2.21. The number of benzene rings is 1. The second kappa shape index (κ2) is 4.86. The van der Waals surface area contributed by atoms with Gasteiger partial charge >= 0.3 is 0 Å². The predicted molar refractivity (Wildman–Crippen MR) is 72.6 cm³/mol. The van der Waals surface area contributed by atoms with Crippen LogP contribution in [0.3, 0.4) is 0 Å². The van der Waals surface area contributed by atoms with Gasteiger partial charge in [0.2, 0.25) is 0 Å². The number of anilines is 2. The number of hydrogen-bond donors (Lipinski definition) is 1. The zero-order valence-corrected chi connectivity index (χ0v) is 10.9. The van der Waals surface area contributed by atoms with Crippen LogP contribution < -0.4 is 15.4 Å². The highest BCUT2D eigenvalue weighted by molar-refractivity contribution is 5.62. The highest BCUT2D eigenvalue weighted by Gasteiger charge is 2.23. The smallest absolute Gasteiger partial charge is 0.144 e. The molecule has 0 unspecified atom stereocenters. The summed E-state index contributed by atoms with van der Waals surface area (Å²) in [6, 6.07) is 6.03. The van der Waals surface area contributed by atoms with E-state index in [0.717, 1.165) is 18.2 Å². The standard InChI is InChI=1S/C14H22N2O/c1-10(2)17-14-8-12(6-7-13(14)15)16(3)9-11-4-5-11/h6-8,10-11H,4-5,9,15H2,1-3H3. The van der Waals surface area contributed by atoms with Crippen molar-refractivity contribution in [2.24, 2.45) is 5.92 Å². The molecule has 0 atom stereocenters. The zero-order valence-electron chi connectivity index (χ0n) is 10.9. The number of nitrogens with zero attached hydrogens (tertiary/aromatic N) is 1. The molecule has 1 aliphatic carbocycles. The first-order valence-electron chi connectivity index (χ1n) is 6.33. The molecule has 0 aromatic heterocycles. The number of nitrogen functional groups attached to an aromatic ring is 1. The van der Waals surface area contributed by atoms with Crippen LogP contribution >= 0.6 is 0 Å². The van der Waals surface area contributed by atoms with Crippen molar-refractivity contribution in [2.45, 2.75) is 32.8 Å². The molecule has 1 aromatic carbocycles. The van der Waals surface area contributed by atoms with Crippen molar-refractivity contribution in [3.05, 3.63) is 18.2 Å². The van der Waals surface area contributed by atoms with Crippen LogP contribution in [0, 0.1) is 5.92 Å². The maximum Gasteiger partial charge on any atom is 0.144 e. The molecule has 1 saturated carbocycles. The van der Waals surface area contributed by atoms with Gasteiger partial charge in [0, 0.05) is 25.3 Å². The number of hydrogen-bond acceptors (Lipinski definition) is 3. The predicted octanol–water partition coefficient (Wildman–Crippen LogP) is 2.90. The van der Waals surface area contributed by atoms with Gasteiger partial charge in [0.05, 0.1) is 11.8 Å². The Kier molecular flexibility index (Phi) is 3.46. The third-order valence-electron chi connectivity index (χ3n) is 3.03. The molecule has 0 aliphatic heterocycles. The Morgan fingerprint density at radius 2 is 2.12 bits per heavy atom. The van der Waals surface area contributed by atoms with Crippen LogP contribution in [0.2, 0.25) is 0 Å². The van der Waals surface area contributed by atoms with Gasteiger partial charge in [-0.3, -0.25) is 0 Å². The van der Waals surface area contributed by atoms with Crippen LogP contribution in [0.4, 0.5) is 11.4 Å². The molecule has 1 fully saturated rings. The highest BCUT2D eigenvalue weighted by atomic mass is 16.5. The molecule has 1 aromatic rings. The molecule has 2 rings (SSSR count). The molecule has 0 saturated heterocycles. The number of nitrogens with two attached hydrogens (primary N) is 1. The maximum absolute atomic E-state index is 5.91. The largest absolute Gasteiger partial charge is 0.489 e. The van der Waals surface area contributed by atoms with Crippen LogP contribution in [0.1, 0.15) is 26.7 Å². The molecule has 0 radical (unpaired) electrons. The van der Waals surface area contributed by atoms with Crippen LogP contribution in [0.5, 0.6) is 5.75 Å². The normalized spacial score (nSPS) is 15.1. The Morgan fingerprint density at radius 1 is 1.41 bits per heavy atom. The Balaban J connectivity index is 2.10. The topological polar surface area (TPSA) is 38.5 Å². The van der Waals surface area contributed by atoms with E-state index in [4.69, 9.17) is 10.5 Å². The fourth-order valence-electron chi connectivity index (χ4n) is 1.91. The summed E-state index contributed by atoms with van der Waals surface area (Å²) >= 11 is 0. The van der Waals surface area contributed by atoms with Crippen molar-refractivity contribution >= 4 is 11.4 Å². The molecular formula is C14H22N2O. The molecule has 1 aliphatic rings. The van der Waals surface area contributed by atoms with Gasteiger partial charge in [0.1, 0.15) is 5.75 Å². The fraction of sp³-hybridized carbons (Fsp3) is 0.571. The van der Waals surface area contributed by atoms with Crippen LogP contribution in [-0.4, -0.2) is 19.7 Å². The van der Waals surface area contributed by atoms with Crippen molar-refractivity contribution < 1.29 is 4.74 Å². The van der Waals surface area contributed by atoms with Crippen molar-refractivity contribution in [1.82, 2.24) is 0 Å². The molecule has 0 bridgehead atoms. The van der Waals surface area contributed by atoms with E-state index in [1.807, 2.05) is 26.0 Å². The van der Waals surface area contributed by atoms with E-state index in [0.29, 0.717) is 5.69 Å². The second-order valence-corrected chi connectivity index (χ2v) is 5.21. The first-order chi connectivity index (χ1) is 8.06. The summed E-state index contributed by atoms with van der Waals surface area (Å²) in [5.41, 5.74) is 7.80. The van der Waals surface area contributed by atoms with Crippen molar-refractivity contribution in [2.75, 3.05) is 24.2 Å². The molecular weight excluding hydrogens is 212 g/mol. The third-order valence-corrected chi connectivity index (χ3v) is 3.03. The van der Waals surface area contributed by atoms with E-state index >= 15 is 0 Å². The summed E-state index contributed by atoms with van der Waals surface area (Å²) in [4.78, 5) is 2.28. The minimum Gasteiger partial charge on any atom is -0.489 e. The third kappa shape index (κ3) is 3.29. The van der Waals surface area contributed by atoms with Gasteiger partial charge in [-0.1, -0.05) is 0 Å². The summed E-state index contributed by atoms with van der Waals surface area (Å²) in [5, 5.41) is 0. The lowest BCUT2D eigenvalue weighted by Crippen LogP contribution is -2.20. The average Bonchev–Trinajstić information content (AvgIpc) is 3.04. The van der Waals surface area contributed by atoms with Gasteiger partial charge in [-0.2, -0.15) is 0 Å². The summed E-state index contributed by atoms with van der Waals surface area (Å²) in [6.07, 6.45) is 2.89. The average molecular weight is 234 g/mol. The van der Waals surface area contributed by atoms with E-state index < -0.39 is 0 Å².